The zero-order valence-electron chi connectivity index (χ0n) is 9.52. The van der Waals surface area contributed by atoms with Gasteiger partial charge in [0.2, 0.25) is 0 Å². The summed E-state index contributed by atoms with van der Waals surface area (Å²) in [7, 11) is 2.05. The second-order valence-electron chi connectivity index (χ2n) is 4.54. The average Bonchev–Trinajstić information content (AvgIpc) is 2.77. The Balaban J connectivity index is 2.33. The summed E-state index contributed by atoms with van der Waals surface area (Å²) in [5, 5.41) is 4.78. The molecule has 1 aromatic carbocycles. The van der Waals surface area contributed by atoms with Gasteiger partial charge in [-0.3, -0.25) is 0 Å². The van der Waals surface area contributed by atoms with Gasteiger partial charge in [-0.1, -0.05) is 15.9 Å². The van der Waals surface area contributed by atoms with Gasteiger partial charge in [-0.05, 0) is 50.1 Å². The molecule has 0 spiro atoms. The van der Waals surface area contributed by atoms with Crippen molar-refractivity contribution in [3.63, 3.8) is 0 Å². The number of hydrogen-bond donors (Lipinski definition) is 2. The van der Waals surface area contributed by atoms with Crippen molar-refractivity contribution in [1.82, 2.24) is 10.3 Å². The van der Waals surface area contributed by atoms with E-state index in [0.29, 0.717) is 6.04 Å². The van der Waals surface area contributed by atoms with Crippen molar-refractivity contribution >= 4 is 26.8 Å². The van der Waals surface area contributed by atoms with Crippen LogP contribution in [-0.2, 0) is 6.42 Å². The Morgan fingerprint density at radius 3 is 3.00 bits per heavy atom. The van der Waals surface area contributed by atoms with E-state index in [1.54, 1.807) is 0 Å². The van der Waals surface area contributed by atoms with Crippen LogP contribution in [0.1, 0.15) is 29.3 Å². The number of hydrogen-bond acceptors (Lipinski definition) is 1. The van der Waals surface area contributed by atoms with Crippen molar-refractivity contribution in [1.29, 1.82) is 0 Å². The minimum absolute atomic E-state index is 0.512. The fourth-order valence-corrected chi connectivity index (χ4v) is 3.39. The van der Waals surface area contributed by atoms with Gasteiger partial charge in [-0.2, -0.15) is 0 Å². The van der Waals surface area contributed by atoms with E-state index in [1.807, 2.05) is 7.05 Å². The number of aromatic nitrogens is 1. The molecular formula is C13H15BrN2. The highest BCUT2D eigenvalue weighted by Crippen LogP contribution is 2.38. The topological polar surface area (TPSA) is 27.8 Å². The number of rotatable bonds is 1. The minimum atomic E-state index is 0.512. The molecule has 0 saturated heterocycles. The lowest BCUT2D eigenvalue weighted by molar-refractivity contribution is 0.592. The van der Waals surface area contributed by atoms with Gasteiger partial charge in [0.15, 0.2) is 0 Å². The minimum Gasteiger partial charge on any atom is -0.358 e. The van der Waals surface area contributed by atoms with Gasteiger partial charge in [-0.15, -0.1) is 0 Å². The van der Waals surface area contributed by atoms with Gasteiger partial charge in [0.1, 0.15) is 0 Å². The average molecular weight is 279 g/mol. The van der Waals surface area contributed by atoms with Crippen molar-refractivity contribution in [2.24, 2.45) is 0 Å². The van der Waals surface area contributed by atoms with Crippen molar-refractivity contribution in [3.05, 3.63) is 33.4 Å². The fourth-order valence-electron chi connectivity index (χ4n) is 2.82. The number of halogens is 1. The lowest BCUT2D eigenvalue weighted by Crippen LogP contribution is -2.12. The molecular weight excluding hydrogens is 264 g/mol. The van der Waals surface area contributed by atoms with Crippen molar-refractivity contribution in [2.45, 2.75) is 25.8 Å². The van der Waals surface area contributed by atoms with Crippen LogP contribution in [0.3, 0.4) is 0 Å². The van der Waals surface area contributed by atoms with Crippen LogP contribution in [0.4, 0.5) is 0 Å². The highest BCUT2D eigenvalue weighted by atomic mass is 79.9. The summed E-state index contributed by atoms with van der Waals surface area (Å²) >= 11 is 3.58. The second-order valence-corrected chi connectivity index (χ2v) is 5.46. The monoisotopic (exact) mass is 278 g/mol. The summed E-state index contributed by atoms with van der Waals surface area (Å²) in [5.41, 5.74) is 5.50. The molecule has 0 bridgehead atoms. The van der Waals surface area contributed by atoms with E-state index >= 15 is 0 Å². The summed E-state index contributed by atoms with van der Waals surface area (Å²) in [6.07, 6.45) is 2.37. The van der Waals surface area contributed by atoms with Crippen molar-refractivity contribution in [2.75, 3.05) is 7.05 Å². The Hall–Kier alpha value is -0.800. The van der Waals surface area contributed by atoms with Gasteiger partial charge < -0.3 is 10.3 Å². The molecule has 1 unspecified atom stereocenters. The molecule has 1 heterocycles. The number of fused-ring (bicyclic) bond motifs is 3. The first-order valence-corrected chi connectivity index (χ1v) is 6.48. The summed E-state index contributed by atoms with van der Waals surface area (Å²) in [5.74, 6) is 0. The molecule has 3 rings (SSSR count). The zero-order valence-corrected chi connectivity index (χ0v) is 11.1. The Kier molecular flexibility index (Phi) is 2.33. The summed E-state index contributed by atoms with van der Waals surface area (Å²) in [4.78, 5) is 3.58. The molecule has 0 saturated carbocycles. The molecule has 2 aromatic rings. The van der Waals surface area contributed by atoms with Crippen LogP contribution in [0.25, 0.3) is 10.9 Å². The number of benzene rings is 1. The number of aromatic amines is 1. The molecule has 1 atom stereocenters. The van der Waals surface area contributed by atoms with E-state index in [9.17, 15) is 0 Å². The Bertz CT molecular complexity index is 557. The molecule has 84 valence electrons. The van der Waals surface area contributed by atoms with Crippen LogP contribution in [0.15, 0.2) is 16.6 Å². The van der Waals surface area contributed by atoms with Crippen LogP contribution in [0, 0.1) is 6.92 Å². The van der Waals surface area contributed by atoms with Crippen LogP contribution < -0.4 is 5.32 Å². The summed E-state index contributed by atoms with van der Waals surface area (Å²) in [6, 6.07) is 4.91. The predicted octanol–water partition coefficient (Wildman–Crippen LogP) is 3.45. The maximum absolute atomic E-state index is 3.58. The van der Waals surface area contributed by atoms with Crippen LogP contribution in [-0.4, -0.2) is 12.0 Å². The third-order valence-electron chi connectivity index (χ3n) is 3.57. The van der Waals surface area contributed by atoms with E-state index in [2.05, 4.69) is 45.3 Å². The van der Waals surface area contributed by atoms with Gasteiger partial charge in [0, 0.05) is 27.1 Å². The molecule has 0 amide bonds. The van der Waals surface area contributed by atoms with E-state index in [0.717, 1.165) is 6.42 Å². The van der Waals surface area contributed by atoms with Gasteiger partial charge >= 0.3 is 0 Å². The maximum Gasteiger partial charge on any atom is 0.0490 e. The molecule has 1 aliphatic carbocycles. The van der Waals surface area contributed by atoms with Crippen LogP contribution in [0.2, 0.25) is 0 Å². The van der Waals surface area contributed by atoms with E-state index in [4.69, 9.17) is 0 Å². The molecule has 1 aromatic heterocycles. The highest BCUT2D eigenvalue weighted by Gasteiger charge is 2.26. The molecule has 2 N–H and O–H groups in total. The Labute approximate surface area is 104 Å². The van der Waals surface area contributed by atoms with E-state index < -0.39 is 0 Å². The Morgan fingerprint density at radius 2 is 2.25 bits per heavy atom. The summed E-state index contributed by atoms with van der Waals surface area (Å²) in [6.45, 7) is 2.16. The SMILES string of the molecule is CNC1CCc2[nH]c3c(C)cc(Br)cc3c21. The van der Waals surface area contributed by atoms with Gasteiger partial charge in [0.05, 0.1) is 0 Å². The third kappa shape index (κ3) is 1.35. The fraction of sp³-hybridized carbons (Fsp3) is 0.385. The van der Waals surface area contributed by atoms with E-state index in [1.165, 1.54) is 38.6 Å². The largest absolute Gasteiger partial charge is 0.358 e. The molecule has 2 nitrogen and oxygen atoms in total. The molecule has 3 heteroatoms. The molecule has 0 aliphatic heterocycles. The lowest BCUT2D eigenvalue weighted by atomic mass is 10.1. The maximum atomic E-state index is 3.58. The van der Waals surface area contributed by atoms with Gasteiger partial charge in [-0.25, -0.2) is 0 Å². The zero-order chi connectivity index (χ0) is 11.3. The number of nitrogens with one attached hydrogen (secondary N) is 2. The standard InChI is InChI=1S/C13H15BrN2/c1-7-5-8(14)6-9-12-10(15-2)3-4-11(12)16-13(7)9/h5-6,10,15-16H,3-4H2,1-2H3. The summed E-state index contributed by atoms with van der Waals surface area (Å²) < 4.78 is 1.17. The highest BCUT2D eigenvalue weighted by molar-refractivity contribution is 9.10. The van der Waals surface area contributed by atoms with Crippen LogP contribution in [0.5, 0.6) is 0 Å². The van der Waals surface area contributed by atoms with Crippen LogP contribution >= 0.6 is 15.9 Å². The smallest absolute Gasteiger partial charge is 0.0490 e. The number of aryl methyl sites for hydroxylation is 2. The van der Waals surface area contributed by atoms with E-state index in [-0.39, 0.29) is 0 Å². The third-order valence-corrected chi connectivity index (χ3v) is 4.03. The van der Waals surface area contributed by atoms with Gasteiger partial charge in [0.25, 0.3) is 0 Å². The molecule has 16 heavy (non-hydrogen) atoms. The quantitative estimate of drug-likeness (QED) is 0.822. The first kappa shape index (κ1) is 10.4. The Morgan fingerprint density at radius 1 is 1.44 bits per heavy atom. The molecule has 1 aliphatic rings. The number of H-pyrrole nitrogens is 1. The predicted molar refractivity (Wildman–Crippen MR) is 70.9 cm³/mol. The van der Waals surface area contributed by atoms with Crippen molar-refractivity contribution in [3.8, 4) is 0 Å². The van der Waals surface area contributed by atoms with Crippen molar-refractivity contribution < 1.29 is 0 Å². The molecule has 0 radical (unpaired) electrons. The first-order chi connectivity index (χ1) is 7.70. The lowest BCUT2D eigenvalue weighted by Gasteiger charge is -2.09. The first-order valence-electron chi connectivity index (χ1n) is 5.68. The molecule has 0 fully saturated rings. The second kappa shape index (κ2) is 3.60. The normalized spacial score (nSPS) is 19.3.